The molecule has 1 aromatic carbocycles. The lowest BCUT2D eigenvalue weighted by molar-refractivity contribution is -0.192. The van der Waals surface area contributed by atoms with Gasteiger partial charge >= 0.3 is 12.1 Å². The van der Waals surface area contributed by atoms with Crippen LogP contribution in [-0.2, 0) is 4.79 Å². The van der Waals surface area contributed by atoms with Crippen LogP contribution in [0.2, 0.25) is 10.0 Å². The Morgan fingerprint density at radius 3 is 2.31 bits per heavy atom. The maximum atomic E-state index is 12.5. The SMILES string of the molecule is O=C(O)C(F)(F)F.O=C(c1sc2cc(Cl)ccc2c1Cl)N1CCNCC1. The summed E-state index contributed by atoms with van der Waals surface area (Å²) < 4.78 is 32.7. The van der Waals surface area contributed by atoms with E-state index in [0.29, 0.717) is 14.9 Å². The normalized spacial score (nSPS) is 14.7. The molecule has 0 saturated carbocycles. The minimum Gasteiger partial charge on any atom is -0.475 e. The first-order valence-electron chi connectivity index (χ1n) is 7.29. The van der Waals surface area contributed by atoms with Crippen molar-refractivity contribution in [3.63, 3.8) is 0 Å². The molecule has 26 heavy (non-hydrogen) atoms. The highest BCUT2D eigenvalue weighted by molar-refractivity contribution is 7.21. The Hall–Kier alpha value is -1.55. The number of fused-ring (bicyclic) bond motifs is 1. The number of nitrogens with zero attached hydrogens (tertiary/aromatic N) is 1. The van der Waals surface area contributed by atoms with Gasteiger partial charge in [0.15, 0.2) is 0 Å². The zero-order chi connectivity index (χ0) is 19.5. The number of benzene rings is 1. The Bertz CT molecular complexity index is 820. The third-order valence-corrected chi connectivity index (χ3v) is 5.31. The lowest BCUT2D eigenvalue weighted by Gasteiger charge is -2.27. The largest absolute Gasteiger partial charge is 0.490 e. The number of halogens is 5. The molecule has 2 aromatic rings. The number of rotatable bonds is 1. The average Bonchev–Trinajstić information content (AvgIpc) is 2.90. The van der Waals surface area contributed by atoms with Crippen molar-refractivity contribution in [1.29, 1.82) is 0 Å². The van der Waals surface area contributed by atoms with Crippen LogP contribution in [0, 0.1) is 0 Å². The van der Waals surface area contributed by atoms with Gasteiger partial charge in [-0.25, -0.2) is 4.79 Å². The number of carboxylic acids is 1. The lowest BCUT2D eigenvalue weighted by atomic mass is 10.2. The zero-order valence-electron chi connectivity index (χ0n) is 13.1. The summed E-state index contributed by atoms with van der Waals surface area (Å²) in [4.78, 5) is 23.8. The van der Waals surface area contributed by atoms with Crippen molar-refractivity contribution >= 4 is 56.5 Å². The molecule has 0 unspecified atom stereocenters. The maximum absolute atomic E-state index is 12.5. The molecule has 1 amide bonds. The van der Waals surface area contributed by atoms with Gasteiger partial charge in [0.1, 0.15) is 4.88 Å². The summed E-state index contributed by atoms with van der Waals surface area (Å²) in [5.74, 6) is -2.74. The monoisotopic (exact) mass is 428 g/mol. The first-order chi connectivity index (χ1) is 12.1. The summed E-state index contributed by atoms with van der Waals surface area (Å²) >= 11 is 13.7. The Labute approximate surface area is 160 Å². The van der Waals surface area contributed by atoms with E-state index in [1.807, 2.05) is 17.0 Å². The van der Waals surface area contributed by atoms with Gasteiger partial charge in [0, 0.05) is 41.3 Å². The number of piperazine rings is 1. The minimum absolute atomic E-state index is 0.0174. The van der Waals surface area contributed by atoms with Crippen LogP contribution in [-0.4, -0.2) is 54.2 Å². The van der Waals surface area contributed by atoms with Crippen LogP contribution < -0.4 is 5.32 Å². The van der Waals surface area contributed by atoms with E-state index in [9.17, 15) is 18.0 Å². The van der Waals surface area contributed by atoms with E-state index in [1.165, 1.54) is 11.3 Å². The van der Waals surface area contributed by atoms with E-state index >= 15 is 0 Å². The smallest absolute Gasteiger partial charge is 0.475 e. The molecule has 2 N–H and O–H groups in total. The van der Waals surface area contributed by atoms with Crippen LogP contribution in [0.1, 0.15) is 9.67 Å². The maximum Gasteiger partial charge on any atom is 0.490 e. The molecule has 5 nitrogen and oxygen atoms in total. The minimum atomic E-state index is -5.08. The molecule has 0 atom stereocenters. The molecule has 1 fully saturated rings. The van der Waals surface area contributed by atoms with Gasteiger partial charge < -0.3 is 15.3 Å². The standard InChI is InChI=1S/C13H12Cl2N2OS.C2HF3O2/c14-8-1-2-9-10(7-8)19-12(11(9)15)13(18)17-5-3-16-4-6-17;3-2(4,5)1(6)7/h1-2,7,16H,3-6H2;(H,6,7). The number of carbonyl (C=O) groups is 2. The first-order valence-corrected chi connectivity index (χ1v) is 8.86. The molecule has 11 heteroatoms. The predicted octanol–water partition coefficient (Wildman–Crippen LogP) is 3.89. The Morgan fingerprint density at radius 1 is 1.19 bits per heavy atom. The van der Waals surface area contributed by atoms with Gasteiger partial charge in [0.05, 0.1) is 5.02 Å². The van der Waals surface area contributed by atoms with Crippen LogP contribution >= 0.6 is 34.5 Å². The van der Waals surface area contributed by atoms with Crippen molar-refractivity contribution in [2.75, 3.05) is 26.2 Å². The lowest BCUT2D eigenvalue weighted by Crippen LogP contribution is -2.46. The van der Waals surface area contributed by atoms with E-state index in [0.717, 1.165) is 36.3 Å². The molecule has 0 radical (unpaired) electrons. The molecule has 142 valence electrons. The number of nitrogens with one attached hydrogen (secondary N) is 1. The molecule has 1 aliphatic heterocycles. The fraction of sp³-hybridized carbons (Fsp3) is 0.333. The van der Waals surface area contributed by atoms with E-state index in [-0.39, 0.29) is 5.91 Å². The van der Waals surface area contributed by atoms with Crippen LogP contribution in [0.4, 0.5) is 13.2 Å². The summed E-state index contributed by atoms with van der Waals surface area (Å²) in [5, 5.41) is 12.5. The molecule has 1 aliphatic rings. The van der Waals surface area contributed by atoms with E-state index in [1.54, 1.807) is 6.07 Å². The number of carbonyl (C=O) groups excluding carboxylic acids is 1. The van der Waals surface area contributed by atoms with Crippen LogP contribution in [0.5, 0.6) is 0 Å². The number of alkyl halides is 3. The second kappa shape index (κ2) is 8.43. The highest BCUT2D eigenvalue weighted by Gasteiger charge is 2.38. The third-order valence-electron chi connectivity index (χ3n) is 3.43. The van der Waals surface area contributed by atoms with Gasteiger partial charge in [-0.3, -0.25) is 4.79 Å². The van der Waals surface area contributed by atoms with Crippen LogP contribution in [0.15, 0.2) is 18.2 Å². The predicted molar refractivity (Wildman–Crippen MR) is 94.3 cm³/mol. The molecular weight excluding hydrogens is 416 g/mol. The van der Waals surface area contributed by atoms with Gasteiger partial charge in [-0.05, 0) is 12.1 Å². The summed E-state index contributed by atoms with van der Waals surface area (Å²) in [7, 11) is 0. The molecule has 3 rings (SSSR count). The zero-order valence-corrected chi connectivity index (χ0v) is 15.4. The van der Waals surface area contributed by atoms with Gasteiger partial charge in [-0.15, -0.1) is 11.3 Å². The van der Waals surface area contributed by atoms with Crippen molar-refractivity contribution in [2.24, 2.45) is 0 Å². The molecule has 2 heterocycles. The molecule has 1 saturated heterocycles. The number of amides is 1. The Morgan fingerprint density at radius 2 is 1.77 bits per heavy atom. The summed E-state index contributed by atoms with van der Waals surface area (Å²) in [5.41, 5.74) is 0. The second-order valence-electron chi connectivity index (χ2n) is 5.23. The molecule has 1 aromatic heterocycles. The molecule has 0 aliphatic carbocycles. The fourth-order valence-corrected chi connectivity index (χ4v) is 3.94. The van der Waals surface area contributed by atoms with Gasteiger partial charge in [-0.2, -0.15) is 13.2 Å². The Balaban J connectivity index is 0.000000298. The van der Waals surface area contributed by atoms with Crippen LogP contribution in [0.3, 0.4) is 0 Å². The fourth-order valence-electron chi connectivity index (χ4n) is 2.19. The van der Waals surface area contributed by atoms with Crippen molar-refractivity contribution < 1.29 is 27.9 Å². The summed E-state index contributed by atoms with van der Waals surface area (Å²) in [6.07, 6.45) is -5.08. The summed E-state index contributed by atoms with van der Waals surface area (Å²) in [6, 6.07) is 5.51. The number of aliphatic carboxylic acids is 1. The molecular formula is C15H13Cl2F3N2O3S. The van der Waals surface area contributed by atoms with Gasteiger partial charge in [-0.1, -0.05) is 29.3 Å². The Kier molecular flexibility index (Phi) is 6.73. The second-order valence-corrected chi connectivity index (χ2v) is 7.10. The van der Waals surface area contributed by atoms with E-state index in [4.69, 9.17) is 33.1 Å². The quantitative estimate of drug-likeness (QED) is 0.722. The molecule has 0 spiro atoms. The van der Waals surface area contributed by atoms with Gasteiger partial charge in [0.25, 0.3) is 5.91 Å². The van der Waals surface area contributed by atoms with E-state index < -0.39 is 12.1 Å². The third kappa shape index (κ3) is 5.00. The average molecular weight is 429 g/mol. The van der Waals surface area contributed by atoms with E-state index in [2.05, 4.69) is 5.32 Å². The topological polar surface area (TPSA) is 69.6 Å². The number of hydrogen-bond donors (Lipinski definition) is 2. The number of hydrogen-bond acceptors (Lipinski definition) is 4. The van der Waals surface area contributed by atoms with Gasteiger partial charge in [0.2, 0.25) is 0 Å². The van der Waals surface area contributed by atoms with Crippen molar-refractivity contribution in [1.82, 2.24) is 10.2 Å². The number of carboxylic acid groups (broad SMARTS) is 1. The summed E-state index contributed by atoms with van der Waals surface area (Å²) in [6.45, 7) is 3.12. The van der Waals surface area contributed by atoms with Crippen molar-refractivity contribution in [3.05, 3.63) is 33.1 Å². The highest BCUT2D eigenvalue weighted by atomic mass is 35.5. The molecule has 0 bridgehead atoms. The van der Waals surface area contributed by atoms with Crippen LogP contribution in [0.25, 0.3) is 10.1 Å². The van der Waals surface area contributed by atoms with Crippen molar-refractivity contribution in [2.45, 2.75) is 6.18 Å². The first kappa shape index (κ1) is 20.8. The number of thiophene rings is 1. The highest BCUT2D eigenvalue weighted by Crippen LogP contribution is 2.37. The van der Waals surface area contributed by atoms with Crippen molar-refractivity contribution in [3.8, 4) is 0 Å².